The van der Waals surface area contributed by atoms with E-state index in [0.29, 0.717) is 6.04 Å². The van der Waals surface area contributed by atoms with Crippen molar-refractivity contribution in [2.45, 2.75) is 25.8 Å². The number of hydrogen-bond acceptors (Lipinski definition) is 5. The quantitative estimate of drug-likeness (QED) is 0.883. The number of anilines is 1. The minimum absolute atomic E-state index is 0.616. The lowest BCUT2D eigenvalue weighted by Gasteiger charge is -1.98. The van der Waals surface area contributed by atoms with Crippen molar-refractivity contribution in [3.63, 3.8) is 0 Å². The minimum Gasteiger partial charge on any atom is -0.358 e. The molecule has 0 atom stereocenters. The van der Waals surface area contributed by atoms with E-state index in [1.807, 2.05) is 19.1 Å². The van der Waals surface area contributed by atoms with E-state index in [2.05, 4.69) is 19.7 Å². The summed E-state index contributed by atoms with van der Waals surface area (Å²) in [6, 6.07) is 4.57. The molecule has 3 rings (SSSR count). The summed E-state index contributed by atoms with van der Waals surface area (Å²) in [5, 5.41) is 4.25. The van der Waals surface area contributed by atoms with Crippen LogP contribution in [0, 0.1) is 6.92 Å². The van der Waals surface area contributed by atoms with Gasteiger partial charge in [-0.1, -0.05) is 6.07 Å². The molecule has 5 heteroatoms. The van der Waals surface area contributed by atoms with E-state index in [-0.39, 0.29) is 0 Å². The van der Waals surface area contributed by atoms with E-state index in [1.165, 1.54) is 24.4 Å². The standard InChI is InChI=1S/C11H12N4S/c1-7-3-2-6-12-9(7)10-14-11(16-15-10)13-8-4-5-8/h2-3,6,8H,4-5H2,1H3,(H,13,14,15). The van der Waals surface area contributed by atoms with Gasteiger partial charge < -0.3 is 5.32 Å². The van der Waals surface area contributed by atoms with Gasteiger partial charge in [0.25, 0.3) is 0 Å². The second kappa shape index (κ2) is 3.83. The number of hydrogen-bond donors (Lipinski definition) is 1. The highest BCUT2D eigenvalue weighted by Crippen LogP contribution is 2.27. The van der Waals surface area contributed by atoms with Crippen molar-refractivity contribution in [1.82, 2.24) is 14.3 Å². The van der Waals surface area contributed by atoms with Gasteiger partial charge in [-0.25, -0.2) is 0 Å². The lowest BCUT2D eigenvalue weighted by atomic mass is 10.2. The maximum absolute atomic E-state index is 4.46. The molecular formula is C11H12N4S. The fraction of sp³-hybridized carbons (Fsp3) is 0.364. The van der Waals surface area contributed by atoms with Crippen LogP contribution in [0.2, 0.25) is 0 Å². The highest BCUT2D eigenvalue weighted by molar-refractivity contribution is 7.09. The molecule has 16 heavy (non-hydrogen) atoms. The number of rotatable bonds is 3. The summed E-state index contributed by atoms with van der Waals surface area (Å²) in [6.45, 7) is 2.03. The molecule has 1 aliphatic carbocycles. The largest absolute Gasteiger partial charge is 0.358 e. The fourth-order valence-electron chi connectivity index (χ4n) is 1.50. The molecule has 0 unspecified atom stereocenters. The van der Waals surface area contributed by atoms with Gasteiger partial charge in [0.1, 0.15) is 5.69 Å². The maximum atomic E-state index is 4.46. The number of nitrogens with zero attached hydrogens (tertiary/aromatic N) is 3. The normalized spacial score (nSPS) is 15.1. The Morgan fingerprint density at radius 1 is 1.44 bits per heavy atom. The molecular weight excluding hydrogens is 220 g/mol. The molecule has 1 saturated carbocycles. The van der Waals surface area contributed by atoms with Crippen molar-refractivity contribution in [2.75, 3.05) is 5.32 Å². The van der Waals surface area contributed by atoms with E-state index in [9.17, 15) is 0 Å². The summed E-state index contributed by atoms with van der Waals surface area (Å²) in [5.74, 6) is 0.728. The molecule has 2 aromatic heterocycles. The smallest absolute Gasteiger partial charge is 0.203 e. The summed E-state index contributed by atoms with van der Waals surface area (Å²) < 4.78 is 4.33. The predicted octanol–water partition coefficient (Wildman–Crippen LogP) is 2.48. The maximum Gasteiger partial charge on any atom is 0.203 e. The van der Waals surface area contributed by atoms with Gasteiger partial charge in [0, 0.05) is 23.8 Å². The molecule has 1 N–H and O–H groups in total. The Balaban J connectivity index is 1.88. The Kier molecular flexibility index (Phi) is 2.32. The highest BCUT2D eigenvalue weighted by atomic mass is 32.1. The van der Waals surface area contributed by atoms with E-state index in [4.69, 9.17) is 0 Å². The first-order valence-corrected chi connectivity index (χ1v) is 6.12. The SMILES string of the molecule is Cc1cccnc1-c1nsc(NC2CC2)n1. The molecule has 0 radical (unpaired) electrons. The van der Waals surface area contributed by atoms with Crippen molar-refractivity contribution in [3.8, 4) is 11.5 Å². The van der Waals surface area contributed by atoms with Gasteiger partial charge in [0.15, 0.2) is 5.82 Å². The molecule has 0 aliphatic heterocycles. The zero-order valence-corrected chi connectivity index (χ0v) is 9.79. The van der Waals surface area contributed by atoms with Gasteiger partial charge in [-0.05, 0) is 31.4 Å². The van der Waals surface area contributed by atoms with Gasteiger partial charge in [-0.2, -0.15) is 9.36 Å². The summed E-state index contributed by atoms with van der Waals surface area (Å²) in [6.07, 6.45) is 4.27. The topological polar surface area (TPSA) is 50.7 Å². The number of nitrogens with one attached hydrogen (secondary N) is 1. The first-order valence-electron chi connectivity index (χ1n) is 5.35. The van der Waals surface area contributed by atoms with Gasteiger partial charge in [-0.15, -0.1) is 0 Å². The summed E-state index contributed by atoms with van der Waals surface area (Å²) in [5.41, 5.74) is 1.99. The third-order valence-electron chi connectivity index (χ3n) is 2.55. The molecule has 2 aromatic rings. The Hall–Kier alpha value is -1.49. The predicted molar refractivity (Wildman–Crippen MR) is 64.5 cm³/mol. The lowest BCUT2D eigenvalue weighted by Crippen LogP contribution is -1.99. The lowest BCUT2D eigenvalue weighted by molar-refractivity contribution is 1.13. The molecule has 2 heterocycles. The minimum atomic E-state index is 0.616. The summed E-state index contributed by atoms with van der Waals surface area (Å²) in [7, 11) is 0. The molecule has 0 bridgehead atoms. The summed E-state index contributed by atoms with van der Waals surface area (Å²) in [4.78, 5) is 8.77. The monoisotopic (exact) mass is 232 g/mol. The first kappa shape index (κ1) is 9.72. The van der Waals surface area contributed by atoms with Gasteiger partial charge >= 0.3 is 0 Å². The Morgan fingerprint density at radius 2 is 2.31 bits per heavy atom. The molecule has 4 nitrogen and oxygen atoms in total. The van der Waals surface area contributed by atoms with E-state index in [1.54, 1.807) is 6.20 Å². The van der Waals surface area contributed by atoms with Crippen LogP contribution in [0.15, 0.2) is 18.3 Å². The Bertz CT molecular complexity index is 504. The van der Waals surface area contributed by atoms with Crippen LogP contribution in [0.3, 0.4) is 0 Å². The van der Waals surface area contributed by atoms with Crippen LogP contribution < -0.4 is 5.32 Å². The second-order valence-corrected chi connectivity index (χ2v) is 4.76. The van der Waals surface area contributed by atoms with E-state index >= 15 is 0 Å². The third-order valence-corrected chi connectivity index (χ3v) is 3.20. The van der Waals surface area contributed by atoms with E-state index < -0.39 is 0 Å². The van der Waals surface area contributed by atoms with Crippen LogP contribution in [0.4, 0.5) is 5.13 Å². The van der Waals surface area contributed by atoms with Crippen LogP contribution in [-0.4, -0.2) is 20.4 Å². The van der Waals surface area contributed by atoms with Crippen molar-refractivity contribution in [1.29, 1.82) is 0 Å². The Labute approximate surface area is 97.9 Å². The zero-order chi connectivity index (χ0) is 11.0. The zero-order valence-electron chi connectivity index (χ0n) is 8.97. The average Bonchev–Trinajstić information content (AvgIpc) is 2.97. The van der Waals surface area contributed by atoms with Gasteiger partial charge in [-0.3, -0.25) is 4.98 Å². The molecule has 1 fully saturated rings. The summed E-state index contributed by atoms with van der Waals surface area (Å²) >= 11 is 1.41. The second-order valence-electron chi connectivity index (χ2n) is 4.01. The van der Waals surface area contributed by atoms with Crippen molar-refractivity contribution >= 4 is 16.7 Å². The molecule has 0 spiro atoms. The van der Waals surface area contributed by atoms with Crippen LogP contribution in [0.1, 0.15) is 18.4 Å². The molecule has 0 saturated heterocycles. The number of pyridine rings is 1. The molecule has 1 aliphatic rings. The van der Waals surface area contributed by atoms with Crippen LogP contribution >= 0.6 is 11.5 Å². The van der Waals surface area contributed by atoms with E-state index in [0.717, 1.165) is 22.2 Å². The van der Waals surface area contributed by atoms with Crippen LogP contribution in [0.5, 0.6) is 0 Å². The first-order chi connectivity index (χ1) is 7.83. The number of aryl methyl sites for hydroxylation is 1. The molecule has 82 valence electrons. The van der Waals surface area contributed by atoms with Gasteiger partial charge in [0.05, 0.1) is 0 Å². The third kappa shape index (κ3) is 1.90. The molecule has 0 amide bonds. The fourth-order valence-corrected chi connectivity index (χ4v) is 2.15. The molecule has 0 aromatic carbocycles. The highest BCUT2D eigenvalue weighted by Gasteiger charge is 2.22. The van der Waals surface area contributed by atoms with Crippen LogP contribution in [-0.2, 0) is 0 Å². The van der Waals surface area contributed by atoms with Crippen molar-refractivity contribution in [2.24, 2.45) is 0 Å². The van der Waals surface area contributed by atoms with Crippen molar-refractivity contribution in [3.05, 3.63) is 23.9 Å². The number of aromatic nitrogens is 3. The van der Waals surface area contributed by atoms with Crippen LogP contribution in [0.25, 0.3) is 11.5 Å². The average molecular weight is 232 g/mol. The van der Waals surface area contributed by atoms with Gasteiger partial charge in [0.2, 0.25) is 5.13 Å². The Morgan fingerprint density at radius 3 is 3.06 bits per heavy atom. The van der Waals surface area contributed by atoms with Crippen molar-refractivity contribution < 1.29 is 0 Å².